The van der Waals surface area contributed by atoms with Gasteiger partial charge in [-0.3, -0.25) is 29.2 Å². The number of ether oxygens (including phenoxy) is 4. The molecule has 8 rings (SSSR count). The molecule has 14 heteroatoms. The molecule has 3 aromatic rings. The van der Waals surface area contributed by atoms with Crippen molar-refractivity contribution in [2.45, 2.75) is 90.8 Å². The minimum absolute atomic E-state index is 0.00210. The van der Waals surface area contributed by atoms with E-state index in [9.17, 15) is 24.0 Å². The lowest BCUT2D eigenvalue weighted by Crippen LogP contribution is -2.45. The average Bonchev–Trinajstić information content (AvgIpc) is 3.98. The second-order valence-electron chi connectivity index (χ2n) is 18.0. The van der Waals surface area contributed by atoms with Crippen molar-refractivity contribution in [3.8, 4) is 17.2 Å². The van der Waals surface area contributed by atoms with E-state index in [2.05, 4.69) is 11.9 Å². The molecule has 4 heterocycles. The predicted molar refractivity (Wildman–Crippen MR) is 251 cm³/mol. The molecule has 344 valence electrons. The summed E-state index contributed by atoms with van der Waals surface area (Å²) < 4.78 is 22.9. The van der Waals surface area contributed by atoms with Crippen LogP contribution in [-0.4, -0.2) is 96.8 Å². The van der Waals surface area contributed by atoms with Gasteiger partial charge in [-0.05, 0) is 78.0 Å². The molecule has 3 amide bonds. The number of carbonyl (C=O) groups is 5. The summed E-state index contributed by atoms with van der Waals surface area (Å²) in [6, 6.07) is 13.7. The van der Waals surface area contributed by atoms with Crippen LogP contribution >= 0.6 is 0 Å². The maximum Gasteiger partial charge on any atom is 0.408 e. The molecule has 1 aliphatic carbocycles. The van der Waals surface area contributed by atoms with Crippen LogP contribution < -0.4 is 19.5 Å². The van der Waals surface area contributed by atoms with Gasteiger partial charge in [0.1, 0.15) is 18.1 Å². The normalized spacial score (nSPS) is 19.1. The van der Waals surface area contributed by atoms with Crippen LogP contribution in [0, 0.1) is 24.7 Å². The second-order valence-corrected chi connectivity index (χ2v) is 18.0. The largest absolute Gasteiger partial charge is 0.493 e. The van der Waals surface area contributed by atoms with Crippen molar-refractivity contribution in [3.63, 3.8) is 0 Å². The zero-order chi connectivity index (χ0) is 46.6. The fourth-order valence-corrected chi connectivity index (χ4v) is 8.81. The molecule has 4 aliphatic heterocycles. The van der Waals surface area contributed by atoms with Crippen LogP contribution in [0.15, 0.2) is 89.1 Å². The molecule has 66 heavy (non-hydrogen) atoms. The molecular formula is C52H57N5O9. The van der Waals surface area contributed by atoms with Crippen LogP contribution in [0.5, 0.6) is 17.2 Å². The Morgan fingerprint density at radius 1 is 0.833 bits per heavy atom. The van der Waals surface area contributed by atoms with Gasteiger partial charge in [0.15, 0.2) is 17.3 Å². The van der Waals surface area contributed by atoms with Gasteiger partial charge in [-0.15, -0.1) is 0 Å². The summed E-state index contributed by atoms with van der Waals surface area (Å²) in [5.74, 6) is 0.940. The summed E-state index contributed by atoms with van der Waals surface area (Å²) in [4.78, 5) is 78.8. The number of rotatable bonds is 19. The molecule has 0 aromatic heterocycles. The molecule has 0 saturated heterocycles. The Balaban J connectivity index is 0.831. The quantitative estimate of drug-likeness (QED) is 0.0916. The van der Waals surface area contributed by atoms with Crippen molar-refractivity contribution < 1.29 is 42.9 Å². The van der Waals surface area contributed by atoms with Gasteiger partial charge in [0.05, 0.1) is 61.0 Å². The number of hydrogen-bond donors (Lipinski definition) is 1. The van der Waals surface area contributed by atoms with E-state index < -0.39 is 18.1 Å². The standard InChI is InChI=1S/C52H57N5O9/c1-7-15-66-52(62)55-49(30(2)3)45(59)19-31(4)44(58)20-33-9-11-34(12-10-33)36-21-38-26-53-42-24-46(32(5)18-40(42)50(60)56(38)28-36)64-16-8-17-65-48-25-43-41(23-47(48)63-6)51(61)57-29-37(35-13-14-35)22-39(57)27-54-43/h7,9-12,18,23-31,35,38-39,49H,1,8,13-17,19-22H2,2-6H3,(H,55,62)/t31-,38+,39+,49+/m1/s1. The van der Waals surface area contributed by atoms with Gasteiger partial charge < -0.3 is 34.1 Å². The lowest BCUT2D eigenvalue weighted by atomic mass is 9.89. The molecule has 5 aliphatic rings. The first-order valence-electron chi connectivity index (χ1n) is 22.8. The third kappa shape index (κ3) is 10.0. The Hall–Kier alpha value is -6.83. The summed E-state index contributed by atoms with van der Waals surface area (Å²) >= 11 is 0. The minimum atomic E-state index is -0.768. The molecule has 0 bridgehead atoms. The van der Waals surface area contributed by atoms with E-state index in [1.165, 1.54) is 24.5 Å². The number of methoxy groups -OCH3 is 1. The predicted octanol–water partition coefficient (Wildman–Crippen LogP) is 8.69. The molecule has 1 N–H and O–H groups in total. The summed E-state index contributed by atoms with van der Waals surface area (Å²) in [5, 5.41) is 2.61. The molecule has 1 saturated carbocycles. The highest BCUT2D eigenvalue weighted by Gasteiger charge is 2.38. The number of aryl methyl sites for hydroxylation is 1. The fraction of sp³-hybridized carbons (Fsp3) is 0.404. The van der Waals surface area contributed by atoms with Crippen molar-refractivity contribution in [1.29, 1.82) is 0 Å². The van der Waals surface area contributed by atoms with E-state index in [0.717, 1.165) is 28.7 Å². The average molecular weight is 896 g/mol. The first kappa shape index (κ1) is 45.7. The zero-order valence-electron chi connectivity index (χ0n) is 38.2. The van der Waals surface area contributed by atoms with Crippen LogP contribution in [-0.2, 0) is 20.7 Å². The monoisotopic (exact) mass is 895 g/mol. The van der Waals surface area contributed by atoms with E-state index in [4.69, 9.17) is 28.9 Å². The lowest BCUT2D eigenvalue weighted by molar-refractivity contribution is -0.128. The third-order valence-electron chi connectivity index (χ3n) is 12.7. The van der Waals surface area contributed by atoms with Crippen LogP contribution in [0.25, 0.3) is 5.57 Å². The fourth-order valence-electron chi connectivity index (χ4n) is 8.81. The van der Waals surface area contributed by atoms with E-state index in [1.54, 1.807) is 42.2 Å². The topological polar surface area (TPSA) is 166 Å². The number of amides is 3. The second kappa shape index (κ2) is 19.7. The van der Waals surface area contributed by atoms with Crippen molar-refractivity contribution >= 4 is 58.9 Å². The maximum atomic E-state index is 14.0. The van der Waals surface area contributed by atoms with Gasteiger partial charge in [0.25, 0.3) is 11.8 Å². The van der Waals surface area contributed by atoms with Crippen molar-refractivity contribution in [3.05, 3.63) is 107 Å². The number of alkyl carbamates (subject to hydrolysis) is 1. The van der Waals surface area contributed by atoms with Gasteiger partial charge in [-0.1, -0.05) is 57.7 Å². The SMILES string of the molecule is C=CCOC(=O)N[C@H](C(=O)C[C@@H](C)C(=O)Cc1ccc(C2=CN3C(=O)c4cc(C)c(OCCCOc5cc6c(cc5OC)C(=O)N5C=C(C7CC7)C[C@H]5C=N6)cc4N=C[C@@H]3C2)cc1)C(C)C. The van der Waals surface area contributed by atoms with E-state index in [-0.39, 0.29) is 60.8 Å². The number of nitrogens with one attached hydrogen (secondary N) is 1. The zero-order valence-corrected chi connectivity index (χ0v) is 38.2. The number of hydrogen-bond acceptors (Lipinski definition) is 11. The summed E-state index contributed by atoms with van der Waals surface area (Å²) in [6.45, 7) is 11.5. The van der Waals surface area contributed by atoms with Gasteiger partial charge in [-0.2, -0.15) is 0 Å². The molecule has 14 nitrogen and oxygen atoms in total. The highest BCUT2D eigenvalue weighted by atomic mass is 16.5. The van der Waals surface area contributed by atoms with Crippen LogP contribution in [0.1, 0.15) is 96.7 Å². The molecule has 3 aromatic carbocycles. The minimum Gasteiger partial charge on any atom is -0.493 e. The Kier molecular flexibility index (Phi) is 13.7. The number of benzene rings is 3. The Morgan fingerprint density at radius 2 is 1.47 bits per heavy atom. The first-order chi connectivity index (χ1) is 31.8. The number of fused-ring (bicyclic) bond motifs is 4. The van der Waals surface area contributed by atoms with Gasteiger partial charge in [-0.25, -0.2) is 4.79 Å². The Morgan fingerprint density at radius 3 is 2.12 bits per heavy atom. The third-order valence-corrected chi connectivity index (χ3v) is 12.7. The lowest BCUT2D eigenvalue weighted by Gasteiger charge is -2.22. The van der Waals surface area contributed by atoms with Gasteiger partial charge in [0.2, 0.25) is 0 Å². The number of ketones is 2. The maximum absolute atomic E-state index is 14.0. The molecule has 0 spiro atoms. The number of nitrogens with zero attached hydrogens (tertiary/aromatic N) is 4. The van der Waals surface area contributed by atoms with Crippen molar-refractivity contribution in [2.24, 2.45) is 27.7 Å². The summed E-state index contributed by atoms with van der Waals surface area (Å²) in [6.07, 6.45) is 12.8. The first-order valence-corrected chi connectivity index (χ1v) is 22.8. The summed E-state index contributed by atoms with van der Waals surface area (Å²) in [7, 11) is 1.56. The van der Waals surface area contributed by atoms with Gasteiger partial charge in [0, 0.05) is 68.6 Å². The Bertz CT molecular complexity index is 2550. The van der Waals surface area contributed by atoms with Gasteiger partial charge >= 0.3 is 6.09 Å². The van der Waals surface area contributed by atoms with E-state index in [0.29, 0.717) is 71.7 Å². The van der Waals surface area contributed by atoms with Crippen LogP contribution in [0.4, 0.5) is 16.2 Å². The molecule has 1 fully saturated rings. The van der Waals surface area contributed by atoms with Crippen LogP contribution in [0.3, 0.4) is 0 Å². The molecule has 4 atom stereocenters. The number of carbonyl (C=O) groups excluding carboxylic acids is 5. The molecule has 0 radical (unpaired) electrons. The van der Waals surface area contributed by atoms with Crippen molar-refractivity contribution in [2.75, 3.05) is 26.9 Å². The number of aliphatic imine (C=N–C) groups is 2. The highest BCUT2D eigenvalue weighted by Crippen LogP contribution is 2.44. The molecule has 0 unspecified atom stereocenters. The van der Waals surface area contributed by atoms with Crippen LogP contribution in [0.2, 0.25) is 0 Å². The molecular weight excluding hydrogens is 839 g/mol. The summed E-state index contributed by atoms with van der Waals surface area (Å²) in [5.41, 5.74) is 6.93. The van der Waals surface area contributed by atoms with E-state index in [1.807, 2.05) is 75.8 Å². The smallest absolute Gasteiger partial charge is 0.408 e. The van der Waals surface area contributed by atoms with E-state index >= 15 is 0 Å². The highest BCUT2D eigenvalue weighted by molar-refractivity contribution is 6.06. The Labute approximate surface area is 385 Å². The number of Topliss-reactive ketones (excluding diaryl/α,β-unsaturated/α-hetero) is 2. The van der Waals surface area contributed by atoms with Crippen molar-refractivity contribution in [1.82, 2.24) is 15.1 Å².